The molecule has 0 unspecified atom stereocenters. The molecule has 4 N–H and O–H groups in total. The Balaban J connectivity index is 2.75. The number of halogens is 6. The summed E-state index contributed by atoms with van der Waals surface area (Å²) in [5.41, 5.74) is 3.69. The summed E-state index contributed by atoms with van der Waals surface area (Å²) in [4.78, 5) is 0. The van der Waals surface area contributed by atoms with Crippen LogP contribution in [0.5, 0.6) is 0 Å². The van der Waals surface area contributed by atoms with Gasteiger partial charge in [-0.05, 0) is 17.6 Å². The van der Waals surface area contributed by atoms with E-state index in [1.807, 2.05) is 0 Å². The third kappa shape index (κ3) is 2.61. The van der Waals surface area contributed by atoms with Gasteiger partial charge in [0.2, 0.25) is 0 Å². The lowest BCUT2D eigenvalue weighted by molar-refractivity contribution is -0.323. The average Bonchev–Trinajstić information content (AvgIpc) is 2.36. The maximum atomic E-state index is 13.5. The minimum Gasteiger partial charge on any atom is -0.313 e. The van der Waals surface area contributed by atoms with Gasteiger partial charge in [-0.3, -0.25) is 0 Å². The Hall–Kier alpha value is -1.54. The van der Waals surface area contributed by atoms with Crippen LogP contribution in [0.2, 0.25) is 0 Å². The summed E-state index contributed by atoms with van der Waals surface area (Å²) >= 11 is 0. The molecule has 0 aromatic heterocycles. The molecule has 0 radical (unpaired) electrons. The molecule has 1 aliphatic carbocycles. The van der Waals surface area contributed by atoms with Crippen molar-refractivity contribution in [2.75, 3.05) is 0 Å². The molecule has 22 heavy (non-hydrogen) atoms. The molecule has 0 fully saturated rings. The number of alkyl halides is 6. The first kappa shape index (κ1) is 16.8. The van der Waals surface area contributed by atoms with E-state index in [0.717, 1.165) is 6.08 Å². The standard InChI is InChI=1S/C14H14F6N2/c15-13(16,17)12(14(18,19)20)8-11(21,22)7-6-10(12)9-4-2-1-3-5-9/h1-6H,7-8,21-22H2. The van der Waals surface area contributed by atoms with Gasteiger partial charge in [-0.15, -0.1) is 0 Å². The molecule has 0 saturated heterocycles. The Morgan fingerprint density at radius 2 is 1.36 bits per heavy atom. The second kappa shape index (κ2) is 4.99. The van der Waals surface area contributed by atoms with Gasteiger partial charge in [-0.2, -0.15) is 26.3 Å². The summed E-state index contributed by atoms with van der Waals surface area (Å²) in [6.45, 7) is 0. The van der Waals surface area contributed by atoms with Gasteiger partial charge in [-0.25, -0.2) is 0 Å². The van der Waals surface area contributed by atoms with Crippen LogP contribution in [0, 0.1) is 5.41 Å². The van der Waals surface area contributed by atoms with Gasteiger partial charge in [0.1, 0.15) is 0 Å². The molecule has 0 heterocycles. The van der Waals surface area contributed by atoms with Crippen molar-refractivity contribution in [3.63, 3.8) is 0 Å². The summed E-state index contributed by atoms with van der Waals surface area (Å²) in [5.74, 6) is 0. The number of hydrogen-bond acceptors (Lipinski definition) is 2. The van der Waals surface area contributed by atoms with Gasteiger partial charge in [0.25, 0.3) is 0 Å². The predicted octanol–water partition coefficient (Wildman–Crippen LogP) is 3.59. The van der Waals surface area contributed by atoms with Crippen molar-refractivity contribution in [3.05, 3.63) is 42.0 Å². The van der Waals surface area contributed by atoms with E-state index in [-0.39, 0.29) is 12.0 Å². The minimum absolute atomic E-state index is 0.146. The second-order valence-electron chi connectivity index (χ2n) is 5.50. The largest absolute Gasteiger partial charge is 0.407 e. The predicted molar refractivity (Wildman–Crippen MR) is 69.3 cm³/mol. The van der Waals surface area contributed by atoms with Crippen molar-refractivity contribution >= 4 is 5.57 Å². The highest BCUT2D eigenvalue weighted by Crippen LogP contribution is 2.62. The zero-order valence-corrected chi connectivity index (χ0v) is 11.3. The molecule has 0 bridgehead atoms. The van der Waals surface area contributed by atoms with Crippen molar-refractivity contribution in [2.24, 2.45) is 16.9 Å². The third-order valence-corrected chi connectivity index (χ3v) is 3.79. The Morgan fingerprint density at radius 3 is 1.82 bits per heavy atom. The van der Waals surface area contributed by atoms with Crippen LogP contribution in [0.4, 0.5) is 26.3 Å². The van der Waals surface area contributed by atoms with E-state index in [4.69, 9.17) is 11.5 Å². The molecular formula is C14H14F6N2. The maximum absolute atomic E-state index is 13.5. The minimum atomic E-state index is -5.57. The van der Waals surface area contributed by atoms with E-state index in [9.17, 15) is 26.3 Å². The topological polar surface area (TPSA) is 52.0 Å². The van der Waals surface area contributed by atoms with E-state index in [0.29, 0.717) is 0 Å². The molecule has 2 rings (SSSR count). The number of allylic oxidation sites excluding steroid dienone is 1. The summed E-state index contributed by atoms with van der Waals surface area (Å²) in [7, 11) is 0. The van der Waals surface area contributed by atoms with Crippen LogP contribution in [0.25, 0.3) is 5.57 Å². The molecule has 1 aromatic carbocycles. The Morgan fingerprint density at radius 1 is 0.864 bits per heavy atom. The number of nitrogens with two attached hydrogens (primary N) is 2. The fourth-order valence-electron chi connectivity index (χ4n) is 2.78. The Bertz CT molecular complexity index is 557. The van der Waals surface area contributed by atoms with E-state index >= 15 is 0 Å². The smallest absolute Gasteiger partial charge is 0.313 e. The summed E-state index contributed by atoms with van der Waals surface area (Å²) in [6.07, 6.45) is -12.0. The third-order valence-electron chi connectivity index (χ3n) is 3.79. The summed E-state index contributed by atoms with van der Waals surface area (Å²) in [5, 5.41) is 0. The average molecular weight is 324 g/mol. The van der Waals surface area contributed by atoms with E-state index in [1.54, 1.807) is 0 Å². The fourth-order valence-corrected chi connectivity index (χ4v) is 2.78. The number of benzene rings is 1. The van der Waals surface area contributed by atoms with E-state index < -0.39 is 35.4 Å². The van der Waals surface area contributed by atoms with Crippen molar-refractivity contribution in [3.8, 4) is 0 Å². The molecule has 0 amide bonds. The quantitative estimate of drug-likeness (QED) is 0.613. The first-order valence-corrected chi connectivity index (χ1v) is 6.38. The maximum Gasteiger partial charge on any atom is 0.407 e. The first-order valence-electron chi connectivity index (χ1n) is 6.38. The van der Waals surface area contributed by atoms with Gasteiger partial charge in [0.05, 0.1) is 5.66 Å². The van der Waals surface area contributed by atoms with Crippen LogP contribution >= 0.6 is 0 Å². The number of rotatable bonds is 1. The van der Waals surface area contributed by atoms with Crippen molar-refractivity contribution < 1.29 is 26.3 Å². The lowest BCUT2D eigenvalue weighted by Gasteiger charge is -2.46. The van der Waals surface area contributed by atoms with E-state index in [2.05, 4.69) is 0 Å². The normalized spacial score (nSPS) is 21.4. The molecular weight excluding hydrogens is 310 g/mol. The van der Waals surface area contributed by atoms with Gasteiger partial charge >= 0.3 is 12.4 Å². The second-order valence-corrected chi connectivity index (χ2v) is 5.50. The summed E-state index contributed by atoms with van der Waals surface area (Å²) < 4.78 is 81.0. The van der Waals surface area contributed by atoms with Crippen molar-refractivity contribution in [1.82, 2.24) is 0 Å². The molecule has 0 spiro atoms. The van der Waals surface area contributed by atoms with Crippen LogP contribution in [-0.2, 0) is 0 Å². The van der Waals surface area contributed by atoms with Crippen molar-refractivity contribution in [2.45, 2.75) is 30.9 Å². The van der Waals surface area contributed by atoms with Gasteiger partial charge in [0, 0.05) is 6.42 Å². The molecule has 122 valence electrons. The highest BCUT2D eigenvalue weighted by atomic mass is 19.4. The highest BCUT2D eigenvalue weighted by Gasteiger charge is 2.74. The molecule has 1 aromatic rings. The molecule has 0 aliphatic heterocycles. The Kier molecular flexibility index (Phi) is 3.81. The lowest BCUT2D eigenvalue weighted by Crippen LogP contribution is -2.62. The van der Waals surface area contributed by atoms with Gasteiger partial charge in [0.15, 0.2) is 5.41 Å². The van der Waals surface area contributed by atoms with E-state index in [1.165, 1.54) is 30.3 Å². The van der Waals surface area contributed by atoms with Crippen LogP contribution in [-0.4, -0.2) is 18.0 Å². The molecule has 0 saturated carbocycles. The Labute approximate surface area is 122 Å². The number of hydrogen-bond donors (Lipinski definition) is 2. The monoisotopic (exact) mass is 324 g/mol. The van der Waals surface area contributed by atoms with Crippen LogP contribution in [0.15, 0.2) is 36.4 Å². The zero-order chi connectivity index (χ0) is 16.8. The SMILES string of the molecule is NC1(N)CC=C(c2ccccc2)C(C(F)(F)F)(C(F)(F)F)C1. The first-order chi connectivity index (χ1) is 9.91. The fraction of sp³-hybridized carbons (Fsp3) is 0.429. The molecule has 0 atom stereocenters. The lowest BCUT2D eigenvalue weighted by atomic mass is 9.65. The zero-order valence-electron chi connectivity index (χ0n) is 11.3. The van der Waals surface area contributed by atoms with Gasteiger partial charge < -0.3 is 11.5 Å². The molecule has 8 heteroatoms. The molecule has 1 aliphatic rings. The summed E-state index contributed by atoms with van der Waals surface area (Å²) in [6, 6.07) is 6.67. The van der Waals surface area contributed by atoms with Gasteiger partial charge in [-0.1, -0.05) is 36.4 Å². The van der Waals surface area contributed by atoms with Crippen LogP contribution < -0.4 is 11.5 Å². The van der Waals surface area contributed by atoms with Crippen molar-refractivity contribution in [1.29, 1.82) is 0 Å². The molecule has 2 nitrogen and oxygen atoms in total. The van der Waals surface area contributed by atoms with Crippen LogP contribution in [0.1, 0.15) is 18.4 Å². The highest BCUT2D eigenvalue weighted by molar-refractivity contribution is 5.73. The van der Waals surface area contributed by atoms with Crippen LogP contribution in [0.3, 0.4) is 0 Å².